The van der Waals surface area contributed by atoms with E-state index in [0.29, 0.717) is 11.3 Å². The van der Waals surface area contributed by atoms with Crippen LogP contribution < -0.4 is 16.4 Å². The molecule has 0 atom stereocenters. The van der Waals surface area contributed by atoms with Gasteiger partial charge in [0.1, 0.15) is 0 Å². The standard InChI is InChI=1S/C9H13N3O.ClH/c1-12(2)8-4-3-6(9(11)13)5-7(8)10;/h3-5H,10H2,1-2H3,(H2,11,13);1H. The number of halogens is 1. The van der Waals surface area contributed by atoms with E-state index in [1.807, 2.05) is 19.0 Å². The Kier molecular flexibility index (Phi) is 4.24. The van der Waals surface area contributed by atoms with Gasteiger partial charge in [0.05, 0.1) is 11.4 Å². The monoisotopic (exact) mass is 215 g/mol. The molecule has 1 aromatic rings. The second-order valence-corrected chi connectivity index (χ2v) is 3.03. The minimum Gasteiger partial charge on any atom is -0.397 e. The number of carbonyl (C=O) groups excluding carboxylic acids is 1. The van der Waals surface area contributed by atoms with Gasteiger partial charge in [-0.2, -0.15) is 0 Å². The molecule has 0 unspecified atom stereocenters. The molecule has 4 N–H and O–H groups in total. The third kappa shape index (κ3) is 2.53. The second kappa shape index (κ2) is 4.72. The predicted octanol–water partition coefficient (Wildman–Crippen LogP) is 0.855. The van der Waals surface area contributed by atoms with Crippen LogP contribution in [0.4, 0.5) is 11.4 Å². The highest BCUT2D eigenvalue weighted by molar-refractivity contribution is 5.94. The van der Waals surface area contributed by atoms with Gasteiger partial charge in [-0.15, -0.1) is 12.4 Å². The lowest BCUT2D eigenvalue weighted by molar-refractivity contribution is 0.100. The van der Waals surface area contributed by atoms with Gasteiger partial charge in [-0.05, 0) is 18.2 Å². The van der Waals surface area contributed by atoms with Crippen LogP contribution in [0.5, 0.6) is 0 Å². The van der Waals surface area contributed by atoms with Crippen LogP contribution in [0.15, 0.2) is 18.2 Å². The van der Waals surface area contributed by atoms with Gasteiger partial charge in [0, 0.05) is 19.7 Å². The molecule has 5 heteroatoms. The minimum atomic E-state index is -0.461. The molecule has 4 nitrogen and oxygen atoms in total. The van der Waals surface area contributed by atoms with Gasteiger partial charge in [0.25, 0.3) is 0 Å². The summed E-state index contributed by atoms with van der Waals surface area (Å²) in [5.41, 5.74) is 12.7. The molecule has 1 amide bonds. The minimum absolute atomic E-state index is 0. The Labute approximate surface area is 89.3 Å². The highest BCUT2D eigenvalue weighted by atomic mass is 35.5. The lowest BCUT2D eigenvalue weighted by atomic mass is 10.1. The molecular weight excluding hydrogens is 202 g/mol. The summed E-state index contributed by atoms with van der Waals surface area (Å²) in [5, 5.41) is 0. The third-order valence-corrected chi connectivity index (χ3v) is 1.79. The molecule has 0 spiro atoms. The molecule has 1 rings (SSSR count). The van der Waals surface area contributed by atoms with E-state index in [-0.39, 0.29) is 12.4 Å². The largest absolute Gasteiger partial charge is 0.397 e. The summed E-state index contributed by atoms with van der Waals surface area (Å²) in [6.07, 6.45) is 0. The number of nitrogens with zero attached hydrogens (tertiary/aromatic N) is 1. The van der Waals surface area contributed by atoms with Crippen molar-refractivity contribution in [1.29, 1.82) is 0 Å². The molecule has 1 aromatic carbocycles. The molecule has 0 aliphatic rings. The highest BCUT2D eigenvalue weighted by Crippen LogP contribution is 2.21. The molecule has 0 aliphatic heterocycles. The average molecular weight is 216 g/mol. The van der Waals surface area contributed by atoms with Crippen molar-refractivity contribution in [2.24, 2.45) is 5.73 Å². The van der Waals surface area contributed by atoms with Crippen molar-refractivity contribution in [3.05, 3.63) is 23.8 Å². The van der Waals surface area contributed by atoms with Crippen molar-refractivity contribution >= 4 is 29.7 Å². The number of carbonyl (C=O) groups is 1. The van der Waals surface area contributed by atoms with Crippen LogP contribution in [0.1, 0.15) is 10.4 Å². The van der Waals surface area contributed by atoms with Crippen LogP contribution in [0.25, 0.3) is 0 Å². The molecule has 0 aromatic heterocycles. The van der Waals surface area contributed by atoms with Crippen LogP contribution in [-0.4, -0.2) is 20.0 Å². The van der Waals surface area contributed by atoms with E-state index in [4.69, 9.17) is 11.5 Å². The first-order valence-electron chi connectivity index (χ1n) is 3.89. The van der Waals surface area contributed by atoms with Crippen molar-refractivity contribution in [2.75, 3.05) is 24.7 Å². The van der Waals surface area contributed by atoms with Gasteiger partial charge in [0.15, 0.2) is 0 Å². The number of nitrogen functional groups attached to an aromatic ring is 1. The number of anilines is 2. The van der Waals surface area contributed by atoms with E-state index in [9.17, 15) is 4.79 Å². The molecule has 78 valence electrons. The Morgan fingerprint density at radius 3 is 2.29 bits per heavy atom. The van der Waals surface area contributed by atoms with Crippen molar-refractivity contribution in [3.8, 4) is 0 Å². The number of amides is 1. The van der Waals surface area contributed by atoms with E-state index in [0.717, 1.165) is 5.69 Å². The zero-order valence-electron chi connectivity index (χ0n) is 8.15. The molecule has 0 bridgehead atoms. The summed E-state index contributed by atoms with van der Waals surface area (Å²) < 4.78 is 0. The normalized spacial score (nSPS) is 9.00. The van der Waals surface area contributed by atoms with Gasteiger partial charge >= 0.3 is 0 Å². The van der Waals surface area contributed by atoms with E-state index < -0.39 is 5.91 Å². The number of hydrogen-bond donors (Lipinski definition) is 2. The van der Waals surface area contributed by atoms with Crippen LogP contribution in [0.3, 0.4) is 0 Å². The smallest absolute Gasteiger partial charge is 0.248 e. The maximum absolute atomic E-state index is 10.8. The van der Waals surface area contributed by atoms with Gasteiger partial charge in [-0.1, -0.05) is 0 Å². The number of nitrogens with two attached hydrogens (primary N) is 2. The summed E-state index contributed by atoms with van der Waals surface area (Å²) in [5.74, 6) is -0.461. The molecule has 0 saturated carbocycles. The first kappa shape index (κ1) is 12.6. The summed E-state index contributed by atoms with van der Waals surface area (Å²) in [6, 6.07) is 5.02. The van der Waals surface area contributed by atoms with Crippen molar-refractivity contribution < 1.29 is 4.79 Å². The lowest BCUT2D eigenvalue weighted by Crippen LogP contribution is -2.14. The summed E-state index contributed by atoms with van der Waals surface area (Å²) >= 11 is 0. The lowest BCUT2D eigenvalue weighted by Gasteiger charge is -2.15. The molecule has 0 heterocycles. The van der Waals surface area contributed by atoms with Crippen molar-refractivity contribution in [2.45, 2.75) is 0 Å². The molecule has 0 radical (unpaired) electrons. The average Bonchev–Trinajstić information content (AvgIpc) is 2.03. The SMILES string of the molecule is CN(C)c1ccc(C(N)=O)cc1N.Cl. The number of benzene rings is 1. The van der Waals surface area contributed by atoms with Crippen molar-refractivity contribution in [1.82, 2.24) is 0 Å². The summed E-state index contributed by atoms with van der Waals surface area (Å²) in [7, 11) is 3.77. The quantitative estimate of drug-likeness (QED) is 0.719. The van der Waals surface area contributed by atoms with Gasteiger partial charge in [-0.25, -0.2) is 0 Å². The Morgan fingerprint density at radius 2 is 1.93 bits per heavy atom. The second-order valence-electron chi connectivity index (χ2n) is 3.03. The number of hydrogen-bond acceptors (Lipinski definition) is 3. The Hall–Kier alpha value is -1.42. The Balaban J connectivity index is 0.00000169. The Bertz CT molecular complexity index is 339. The molecule has 0 saturated heterocycles. The van der Waals surface area contributed by atoms with Crippen LogP contribution in [0.2, 0.25) is 0 Å². The summed E-state index contributed by atoms with van der Waals surface area (Å²) in [4.78, 5) is 12.7. The fraction of sp³-hybridized carbons (Fsp3) is 0.222. The Morgan fingerprint density at radius 1 is 1.36 bits per heavy atom. The summed E-state index contributed by atoms with van der Waals surface area (Å²) in [6.45, 7) is 0. The zero-order chi connectivity index (χ0) is 10.0. The van der Waals surface area contributed by atoms with Crippen molar-refractivity contribution in [3.63, 3.8) is 0 Å². The van der Waals surface area contributed by atoms with Crippen LogP contribution in [-0.2, 0) is 0 Å². The van der Waals surface area contributed by atoms with Crippen LogP contribution in [0, 0.1) is 0 Å². The molecule has 14 heavy (non-hydrogen) atoms. The topological polar surface area (TPSA) is 72.3 Å². The fourth-order valence-electron chi connectivity index (χ4n) is 1.12. The van der Waals surface area contributed by atoms with Crippen LogP contribution >= 0.6 is 12.4 Å². The predicted molar refractivity (Wildman–Crippen MR) is 60.9 cm³/mol. The number of rotatable bonds is 2. The molecular formula is C9H14ClN3O. The van der Waals surface area contributed by atoms with E-state index >= 15 is 0 Å². The van der Waals surface area contributed by atoms with Gasteiger partial charge in [0.2, 0.25) is 5.91 Å². The van der Waals surface area contributed by atoms with Gasteiger partial charge in [-0.3, -0.25) is 4.79 Å². The van der Waals surface area contributed by atoms with E-state index in [1.54, 1.807) is 18.2 Å². The number of primary amides is 1. The van der Waals surface area contributed by atoms with Gasteiger partial charge < -0.3 is 16.4 Å². The first-order valence-corrected chi connectivity index (χ1v) is 3.89. The molecule has 0 fully saturated rings. The maximum Gasteiger partial charge on any atom is 0.248 e. The van der Waals surface area contributed by atoms with E-state index in [2.05, 4.69) is 0 Å². The van der Waals surface area contributed by atoms with E-state index in [1.165, 1.54) is 0 Å². The molecule has 0 aliphatic carbocycles. The fourth-order valence-corrected chi connectivity index (χ4v) is 1.12. The third-order valence-electron chi connectivity index (χ3n) is 1.79. The first-order chi connectivity index (χ1) is 6.02. The maximum atomic E-state index is 10.8. The zero-order valence-corrected chi connectivity index (χ0v) is 8.97. The highest BCUT2D eigenvalue weighted by Gasteiger charge is 2.05.